The normalized spacial score (nSPS) is 17.6. The first-order valence-corrected chi connectivity index (χ1v) is 9.22. The summed E-state index contributed by atoms with van der Waals surface area (Å²) in [6, 6.07) is 7.11. The smallest absolute Gasteiger partial charge is 0.177 e. The van der Waals surface area contributed by atoms with E-state index in [-0.39, 0.29) is 0 Å². The molecule has 0 radical (unpaired) electrons. The molecule has 1 aromatic rings. The molecule has 1 aliphatic heterocycles. The molecule has 0 aromatic heterocycles. The highest BCUT2D eigenvalue weighted by atomic mass is 32.2. The summed E-state index contributed by atoms with van der Waals surface area (Å²) in [5.74, 6) is 0. The number of para-hydroxylation sites is 1. The molecule has 0 aliphatic carbocycles. The minimum absolute atomic E-state index is 0.385. The average molecular weight is 296 g/mol. The molecule has 20 heavy (non-hydrogen) atoms. The first kappa shape index (κ1) is 15.3. The number of hydrogen-bond acceptors (Lipinski definition) is 4. The van der Waals surface area contributed by atoms with E-state index in [4.69, 9.17) is 0 Å². The quantitative estimate of drug-likeness (QED) is 0.906. The van der Waals surface area contributed by atoms with Gasteiger partial charge in [-0.1, -0.05) is 25.0 Å². The van der Waals surface area contributed by atoms with Crippen LogP contribution in [0.3, 0.4) is 0 Å². The van der Waals surface area contributed by atoms with Crippen LogP contribution in [0.4, 0.5) is 5.69 Å². The van der Waals surface area contributed by atoms with E-state index in [2.05, 4.69) is 10.2 Å². The highest BCUT2D eigenvalue weighted by molar-refractivity contribution is 7.90. The number of rotatable bonds is 5. The third kappa shape index (κ3) is 4.49. The highest BCUT2D eigenvalue weighted by Crippen LogP contribution is 2.20. The van der Waals surface area contributed by atoms with Gasteiger partial charge in [0.1, 0.15) is 0 Å². The fourth-order valence-electron chi connectivity index (χ4n) is 2.64. The summed E-state index contributed by atoms with van der Waals surface area (Å²) in [4.78, 5) is 2.85. The first-order chi connectivity index (χ1) is 9.57. The summed E-state index contributed by atoms with van der Waals surface area (Å²) in [5, 5.41) is 3.27. The van der Waals surface area contributed by atoms with Crippen LogP contribution in [-0.2, 0) is 9.84 Å². The van der Waals surface area contributed by atoms with Crippen LogP contribution >= 0.6 is 0 Å². The van der Waals surface area contributed by atoms with Crippen molar-refractivity contribution in [2.45, 2.75) is 30.6 Å². The zero-order valence-electron chi connectivity index (χ0n) is 12.1. The van der Waals surface area contributed by atoms with Crippen molar-refractivity contribution in [1.29, 1.82) is 0 Å². The number of hydrogen-bond donors (Lipinski definition) is 1. The van der Waals surface area contributed by atoms with Crippen molar-refractivity contribution >= 4 is 15.5 Å². The molecule has 0 bridgehead atoms. The van der Waals surface area contributed by atoms with Gasteiger partial charge in [-0.25, -0.2) is 8.42 Å². The summed E-state index contributed by atoms with van der Waals surface area (Å²) in [6.07, 6.45) is 6.48. The third-order valence-corrected chi connectivity index (χ3v) is 4.88. The van der Waals surface area contributed by atoms with Crippen molar-refractivity contribution < 1.29 is 8.42 Å². The summed E-state index contributed by atoms with van der Waals surface area (Å²) >= 11 is 0. The van der Waals surface area contributed by atoms with Crippen LogP contribution in [0.1, 0.15) is 25.7 Å². The lowest BCUT2D eigenvalue weighted by Gasteiger charge is -2.20. The Morgan fingerprint density at radius 2 is 1.75 bits per heavy atom. The number of nitrogens with one attached hydrogen (secondary N) is 1. The van der Waals surface area contributed by atoms with Crippen molar-refractivity contribution in [3.05, 3.63) is 24.3 Å². The van der Waals surface area contributed by atoms with Gasteiger partial charge >= 0.3 is 0 Å². The van der Waals surface area contributed by atoms with Gasteiger partial charge < -0.3 is 10.2 Å². The molecule has 1 fully saturated rings. The van der Waals surface area contributed by atoms with Crippen LogP contribution in [0.25, 0.3) is 0 Å². The second-order valence-electron chi connectivity index (χ2n) is 5.45. The van der Waals surface area contributed by atoms with Gasteiger partial charge in [-0.15, -0.1) is 0 Å². The van der Waals surface area contributed by atoms with E-state index in [9.17, 15) is 8.42 Å². The zero-order chi connectivity index (χ0) is 14.4. The molecular formula is C15H24N2O2S. The largest absolute Gasteiger partial charge is 0.383 e. The molecule has 2 rings (SSSR count). The molecule has 0 atom stereocenters. The van der Waals surface area contributed by atoms with Crippen LogP contribution in [0.15, 0.2) is 29.2 Å². The number of nitrogens with zero attached hydrogens (tertiary/aromatic N) is 1. The Kier molecular flexibility index (Phi) is 5.43. The van der Waals surface area contributed by atoms with Gasteiger partial charge in [-0.3, -0.25) is 0 Å². The zero-order valence-corrected chi connectivity index (χ0v) is 13.0. The van der Waals surface area contributed by atoms with Gasteiger partial charge in [0.2, 0.25) is 0 Å². The Hall–Kier alpha value is -1.07. The summed E-state index contributed by atoms with van der Waals surface area (Å²) in [7, 11) is -3.17. The van der Waals surface area contributed by atoms with Crippen LogP contribution < -0.4 is 5.32 Å². The van der Waals surface area contributed by atoms with Gasteiger partial charge in [0.25, 0.3) is 0 Å². The van der Waals surface area contributed by atoms with Crippen molar-refractivity contribution in [3.8, 4) is 0 Å². The van der Waals surface area contributed by atoms with Gasteiger partial charge in [0.05, 0.1) is 10.6 Å². The molecular weight excluding hydrogens is 272 g/mol. The van der Waals surface area contributed by atoms with E-state index in [1.165, 1.54) is 31.9 Å². The molecule has 5 heteroatoms. The molecule has 1 aliphatic rings. The maximum atomic E-state index is 11.7. The monoisotopic (exact) mass is 296 g/mol. The lowest BCUT2D eigenvalue weighted by atomic mass is 10.2. The van der Waals surface area contributed by atoms with Crippen LogP contribution in [-0.4, -0.2) is 45.8 Å². The standard InChI is InChI=1S/C15H24N2O2S/c1-20(18,19)15-9-5-4-8-14(15)16-10-13-17-11-6-2-3-7-12-17/h4-5,8-9,16H,2-3,6-7,10-13H2,1H3. The number of benzene rings is 1. The van der Waals surface area contributed by atoms with Crippen molar-refractivity contribution in [2.24, 2.45) is 0 Å². The Morgan fingerprint density at radius 1 is 1.10 bits per heavy atom. The SMILES string of the molecule is CS(=O)(=O)c1ccccc1NCCN1CCCCCC1. The fraction of sp³-hybridized carbons (Fsp3) is 0.600. The summed E-state index contributed by atoms with van der Waals surface area (Å²) in [5.41, 5.74) is 0.713. The van der Waals surface area contributed by atoms with Crippen LogP contribution in [0, 0.1) is 0 Å². The molecule has 0 unspecified atom stereocenters. The Morgan fingerprint density at radius 3 is 2.40 bits per heavy atom. The molecule has 112 valence electrons. The van der Waals surface area contributed by atoms with E-state index < -0.39 is 9.84 Å². The maximum absolute atomic E-state index is 11.7. The number of sulfone groups is 1. The van der Waals surface area contributed by atoms with E-state index in [1.54, 1.807) is 12.1 Å². The van der Waals surface area contributed by atoms with Gasteiger partial charge in [0.15, 0.2) is 9.84 Å². The predicted octanol–water partition coefficient (Wildman–Crippen LogP) is 2.38. The molecule has 0 spiro atoms. The van der Waals surface area contributed by atoms with E-state index >= 15 is 0 Å². The molecule has 1 heterocycles. The fourth-order valence-corrected chi connectivity index (χ4v) is 3.51. The third-order valence-electron chi connectivity index (χ3n) is 3.73. The second-order valence-corrected chi connectivity index (χ2v) is 7.44. The van der Waals surface area contributed by atoms with Gasteiger partial charge in [0, 0.05) is 19.3 Å². The predicted molar refractivity (Wildman–Crippen MR) is 82.9 cm³/mol. The van der Waals surface area contributed by atoms with Crippen LogP contribution in [0.5, 0.6) is 0 Å². The average Bonchev–Trinajstić information content (AvgIpc) is 2.67. The maximum Gasteiger partial charge on any atom is 0.177 e. The lowest BCUT2D eigenvalue weighted by Crippen LogP contribution is -2.30. The molecule has 0 saturated carbocycles. The molecule has 1 aromatic carbocycles. The highest BCUT2D eigenvalue weighted by Gasteiger charge is 2.13. The molecule has 1 saturated heterocycles. The number of likely N-dealkylation sites (tertiary alicyclic amines) is 1. The van der Waals surface area contributed by atoms with Crippen molar-refractivity contribution in [2.75, 3.05) is 37.8 Å². The van der Waals surface area contributed by atoms with Gasteiger partial charge in [-0.2, -0.15) is 0 Å². The van der Waals surface area contributed by atoms with Gasteiger partial charge in [-0.05, 0) is 38.1 Å². The summed E-state index contributed by atoms with van der Waals surface area (Å²) < 4.78 is 23.4. The van der Waals surface area contributed by atoms with Crippen molar-refractivity contribution in [1.82, 2.24) is 4.90 Å². The second kappa shape index (κ2) is 7.09. The number of anilines is 1. The van der Waals surface area contributed by atoms with E-state index in [1.807, 2.05) is 12.1 Å². The lowest BCUT2D eigenvalue weighted by molar-refractivity contribution is 0.296. The molecule has 4 nitrogen and oxygen atoms in total. The van der Waals surface area contributed by atoms with Crippen LogP contribution in [0.2, 0.25) is 0 Å². The molecule has 0 amide bonds. The minimum Gasteiger partial charge on any atom is -0.383 e. The minimum atomic E-state index is -3.17. The topological polar surface area (TPSA) is 49.4 Å². The van der Waals surface area contributed by atoms with Crippen molar-refractivity contribution in [3.63, 3.8) is 0 Å². The first-order valence-electron chi connectivity index (χ1n) is 7.33. The van der Waals surface area contributed by atoms with E-state index in [0.29, 0.717) is 10.6 Å². The van der Waals surface area contributed by atoms with E-state index in [0.717, 1.165) is 26.2 Å². The Balaban J connectivity index is 1.91. The molecule has 1 N–H and O–H groups in total. The Bertz CT molecular complexity index is 520. The Labute approximate surface area is 122 Å². The summed E-state index contributed by atoms with van der Waals surface area (Å²) in [6.45, 7) is 4.08.